The van der Waals surface area contributed by atoms with Gasteiger partial charge in [0, 0.05) is 0 Å². The van der Waals surface area contributed by atoms with E-state index in [1.165, 1.54) is 5.57 Å². The molecule has 2 rings (SSSR count). The summed E-state index contributed by atoms with van der Waals surface area (Å²) in [5.41, 5.74) is 0.796. The first-order valence-corrected chi connectivity index (χ1v) is 5.59. The third-order valence-corrected chi connectivity index (χ3v) is 2.76. The number of ether oxygens (including phenoxy) is 1. The van der Waals surface area contributed by atoms with Gasteiger partial charge in [-0.1, -0.05) is 11.6 Å². The molecule has 0 bridgehead atoms. The highest BCUT2D eigenvalue weighted by molar-refractivity contribution is 5.94. The Balaban J connectivity index is 1.81. The van der Waals surface area contributed by atoms with Crippen LogP contribution in [0.2, 0.25) is 0 Å². The van der Waals surface area contributed by atoms with Gasteiger partial charge in [-0.25, -0.2) is 4.79 Å². The lowest BCUT2D eigenvalue weighted by Crippen LogP contribution is -2.39. The Morgan fingerprint density at radius 2 is 2.12 bits per heavy atom. The number of nitrogens with one attached hydrogen (secondary N) is 1. The molecular formula is C12H17NO3. The highest BCUT2D eigenvalue weighted by Crippen LogP contribution is 2.49. The Bertz CT molecular complexity index is 365. The minimum absolute atomic E-state index is 0.138. The summed E-state index contributed by atoms with van der Waals surface area (Å²) in [6.45, 7) is 5.30. The molecule has 0 aromatic rings. The molecule has 0 aromatic heterocycles. The van der Waals surface area contributed by atoms with Crippen LogP contribution in [0.3, 0.4) is 0 Å². The average molecular weight is 223 g/mol. The molecular weight excluding hydrogens is 206 g/mol. The number of carbonyl (C=O) groups is 2. The molecule has 0 saturated heterocycles. The minimum Gasteiger partial charge on any atom is -0.444 e. The number of alkyl carbamates (subject to hydrolysis) is 1. The van der Waals surface area contributed by atoms with E-state index in [1.54, 1.807) is 20.8 Å². The molecule has 4 nitrogen and oxygen atoms in total. The summed E-state index contributed by atoms with van der Waals surface area (Å²) in [7, 11) is 0. The van der Waals surface area contributed by atoms with E-state index >= 15 is 0 Å². The van der Waals surface area contributed by atoms with Gasteiger partial charge in [0.25, 0.3) is 0 Å². The van der Waals surface area contributed by atoms with Gasteiger partial charge in [0.05, 0.1) is 5.92 Å². The molecule has 88 valence electrons. The van der Waals surface area contributed by atoms with Crippen molar-refractivity contribution >= 4 is 12.0 Å². The molecule has 0 spiro atoms. The van der Waals surface area contributed by atoms with Crippen LogP contribution in [0.5, 0.6) is 0 Å². The molecule has 1 saturated carbocycles. The lowest BCUT2D eigenvalue weighted by Gasteiger charge is -2.20. The minimum atomic E-state index is -0.656. The number of rotatable bonds is 1. The zero-order chi connectivity index (χ0) is 11.9. The highest BCUT2D eigenvalue weighted by atomic mass is 16.6. The monoisotopic (exact) mass is 223 g/mol. The third kappa shape index (κ3) is 2.62. The normalized spacial score (nSPS) is 26.8. The van der Waals surface area contributed by atoms with E-state index in [9.17, 15) is 9.59 Å². The largest absolute Gasteiger partial charge is 0.444 e. The number of allylic oxidation sites excluding steroid dienone is 1. The van der Waals surface area contributed by atoms with Gasteiger partial charge in [-0.05, 0) is 39.5 Å². The molecule has 2 aliphatic rings. The maximum Gasteiger partial charge on any atom is 0.414 e. The van der Waals surface area contributed by atoms with Gasteiger partial charge in [0.1, 0.15) is 5.60 Å². The molecule has 4 heteroatoms. The van der Waals surface area contributed by atoms with Crippen LogP contribution >= 0.6 is 0 Å². The summed E-state index contributed by atoms with van der Waals surface area (Å²) in [6.07, 6.45) is 3.31. The zero-order valence-electron chi connectivity index (χ0n) is 9.87. The van der Waals surface area contributed by atoms with E-state index in [0.29, 0.717) is 5.92 Å². The van der Waals surface area contributed by atoms with Crippen LogP contribution in [0.4, 0.5) is 4.79 Å². The van der Waals surface area contributed by atoms with Gasteiger partial charge in [0.2, 0.25) is 5.91 Å². The van der Waals surface area contributed by atoms with Crippen LogP contribution in [0.1, 0.15) is 33.6 Å². The fraction of sp³-hybridized carbons (Fsp3) is 0.667. The highest BCUT2D eigenvalue weighted by Gasteiger charge is 2.40. The number of hydrogen-bond donors (Lipinski definition) is 1. The van der Waals surface area contributed by atoms with Crippen molar-refractivity contribution < 1.29 is 14.3 Å². The molecule has 1 fully saturated rings. The van der Waals surface area contributed by atoms with Crippen LogP contribution in [-0.2, 0) is 9.53 Å². The number of hydrogen-bond acceptors (Lipinski definition) is 3. The van der Waals surface area contributed by atoms with Crippen molar-refractivity contribution in [1.29, 1.82) is 0 Å². The lowest BCUT2D eigenvalue weighted by atomic mass is 10.1. The average Bonchev–Trinajstić information content (AvgIpc) is 2.70. The Labute approximate surface area is 95.0 Å². The van der Waals surface area contributed by atoms with Crippen molar-refractivity contribution in [2.45, 2.75) is 39.2 Å². The first-order chi connectivity index (χ1) is 7.35. The molecule has 1 N–H and O–H groups in total. The zero-order valence-corrected chi connectivity index (χ0v) is 9.87. The van der Waals surface area contributed by atoms with Gasteiger partial charge in [0.15, 0.2) is 0 Å². The summed E-state index contributed by atoms with van der Waals surface area (Å²) in [5.74, 6) is 0.226. The van der Waals surface area contributed by atoms with Crippen LogP contribution in [-0.4, -0.2) is 17.6 Å². The number of fused-ring (bicyclic) bond motifs is 1. The fourth-order valence-corrected chi connectivity index (χ4v) is 1.98. The van der Waals surface area contributed by atoms with Crippen molar-refractivity contribution in [3.8, 4) is 0 Å². The van der Waals surface area contributed by atoms with Crippen LogP contribution in [0, 0.1) is 11.8 Å². The lowest BCUT2D eigenvalue weighted by molar-refractivity contribution is -0.123. The molecule has 0 radical (unpaired) electrons. The Morgan fingerprint density at radius 3 is 2.62 bits per heavy atom. The molecule has 16 heavy (non-hydrogen) atoms. The molecule has 0 aromatic carbocycles. The van der Waals surface area contributed by atoms with Gasteiger partial charge in [-0.15, -0.1) is 0 Å². The molecule has 2 aliphatic carbocycles. The van der Waals surface area contributed by atoms with Crippen LogP contribution in [0.25, 0.3) is 0 Å². The van der Waals surface area contributed by atoms with Crippen molar-refractivity contribution in [1.82, 2.24) is 5.32 Å². The SMILES string of the molecule is CC(C)(C)OC(=O)NC(=O)[C@@H]1C=C2C[C@@H]2C1. The second kappa shape index (κ2) is 3.61. The van der Waals surface area contributed by atoms with E-state index in [1.807, 2.05) is 6.08 Å². The van der Waals surface area contributed by atoms with Crippen molar-refractivity contribution in [2.24, 2.45) is 11.8 Å². The predicted molar refractivity (Wildman–Crippen MR) is 58.7 cm³/mol. The second-order valence-corrected chi connectivity index (χ2v) is 5.48. The van der Waals surface area contributed by atoms with E-state index in [0.717, 1.165) is 12.8 Å². The van der Waals surface area contributed by atoms with E-state index in [4.69, 9.17) is 4.74 Å². The smallest absolute Gasteiger partial charge is 0.414 e. The van der Waals surface area contributed by atoms with E-state index < -0.39 is 11.7 Å². The Hall–Kier alpha value is -1.32. The van der Waals surface area contributed by atoms with Crippen molar-refractivity contribution in [3.05, 3.63) is 11.6 Å². The number of imide groups is 1. The third-order valence-electron chi connectivity index (χ3n) is 2.76. The maximum absolute atomic E-state index is 11.7. The topological polar surface area (TPSA) is 55.4 Å². The molecule has 0 unspecified atom stereocenters. The van der Waals surface area contributed by atoms with Crippen LogP contribution in [0.15, 0.2) is 11.6 Å². The van der Waals surface area contributed by atoms with Gasteiger partial charge in [-0.3, -0.25) is 10.1 Å². The number of carbonyl (C=O) groups excluding carboxylic acids is 2. The maximum atomic E-state index is 11.7. The van der Waals surface area contributed by atoms with Gasteiger partial charge in [-0.2, -0.15) is 0 Å². The molecule has 2 atom stereocenters. The van der Waals surface area contributed by atoms with Gasteiger partial charge >= 0.3 is 6.09 Å². The van der Waals surface area contributed by atoms with E-state index in [2.05, 4.69) is 5.32 Å². The Kier molecular flexibility index (Phi) is 2.52. The van der Waals surface area contributed by atoms with Crippen molar-refractivity contribution in [2.75, 3.05) is 0 Å². The molecule has 0 aliphatic heterocycles. The summed E-state index contributed by atoms with van der Waals surface area (Å²) in [4.78, 5) is 23.0. The van der Waals surface area contributed by atoms with Crippen molar-refractivity contribution in [3.63, 3.8) is 0 Å². The van der Waals surface area contributed by atoms with Gasteiger partial charge < -0.3 is 4.74 Å². The predicted octanol–water partition coefficient (Wildman–Crippen LogP) is 2.00. The standard InChI is InChI=1S/C12H17NO3/c1-12(2,3)16-11(15)13-10(14)9-5-7-4-8(7)6-9/h5,8-9H,4,6H2,1-3H3,(H,13,14,15)/t8-,9-/m1/s1. The number of amides is 2. The second-order valence-electron chi connectivity index (χ2n) is 5.48. The summed E-state index contributed by atoms with van der Waals surface area (Å²) in [6, 6.07) is 0. The summed E-state index contributed by atoms with van der Waals surface area (Å²) >= 11 is 0. The van der Waals surface area contributed by atoms with E-state index in [-0.39, 0.29) is 11.8 Å². The summed E-state index contributed by atoms with van der Waals surface area (Å²) < 4.78 is 5.01. The first kappa shape index (κ1) is 11.2. The Morgan fingerprint density at radius 1 is 1.44 bits per heavy atom. The molecule has 0 heterocycles. The van der Waals surface area contributed by atoms with Crippen LogP contribution < -0.4 is 5.32 Å². The summed E-state index contributed by atoms with van der Waals surface area (Å²) in [5, 5.41) is 2.27. The first-order valence-electron chi connectivity index (χ1n) is 5.59. The molecule has 2 amide bonds. The quantitative estimate of drug-likeness (QED) is 0.692. The fourth-order valence-electron chi connectivity index (χ4n) is 1.98.